The number of hydrazone groups is 1. The van der Waals surface area contributed by atoms with Gasteiger partial charge >= 0.3 is 0 Å². The Morgan fingerprint density at radius 3 is 2.57 bits per heavy atom. The van der Waals surface area contributed by atoms with Crippen LogP contribution in [0.25, 0.3) is 0 Å². The van der Waals surface area contributed by atoms with Gasteiger partial charge in [0.15, 0.2) is 0 Å². The van der Waals surface area contributed by atoms with Crippen LogP contribution in [0.3, 0.4) is 0 Å². The van der Waals surface area contributed by atoms with Gasteiger partial charge < -0.3 is 5.01 Å². The SMILES string of the molecule is CCCCN(C)/N=C\C=C(/C)CCC. The Morgan fingerprint density at radius 2 is 2.00 bits per heavy atom. The Morgan fingerprint density at radius 1 is 1.29 bits per heavy atom. The van der Waals surface area contributed by atoms with E-state index in [0.717, 1.165) is 6.54 Å². The summed E-state index contributed by atoms with van der Waals surface area (Å²) in [6.07, 6.45) is 8.83. The zero-order valence-electron chi connectivity index (χ0n) is 10.1. The third-order valence-corrected chi connectivity index (χ3v) is 2.10. The van der Waals surface area contributed by atoms with E-state index < -0.39 is 0 Å². The molecule has 14 heavy (non-hydrogen) atoms. The Labute approximate surface area is 88.7 Å². The van der Waals surface area contributed by atoms with Gasteiger partial charge in [0.1, 0.15) is 0 Å². The summed E-state index contributed by atoms with van der Waals surface area (Å²) in [6.45, 7) is 7.60. The summed E-state index contributed by atoms with van der Waals surface area (Å²) >= 11 is 0. The topological polar surface area (TPSA) is 15.6 Å². The van der Waals surface area contributed by atoms with E-state index in [4.69, 9.17) is 0 Å². The third kappa shape index (κ3) is 7.84. The van der Waals surface area contributed by atoms with Crippen LogP contribution in [0.5, 0.6) is 0 Å². The van der Waals surface area contributed by atoms with Crippen LogP contribution in [-0.2, 0) is 0 Å². The summed E-state index contributed by atoms with van der Waals surface area (Å²) < 4.78 is 0. The van der Waals surface area contributed by atoms with E-state index in [1.165, 1.54) is 31.3 Å². The predicted octanol–water partition coefficient (Wildman–Crippen LogP) is 3.45. The first-order valence-corrected chi connectivity index (χ1v) is 5.61. The van der Waals surface area contributed by atoms with Crippen molar-refractivity contribution >= 4 is 6.21 Å². The third-order valence-electron chi connectivity index (χ3n) is 2.10. The lowest BCUT2D eigenvalue weighted by atomic mass is 10.2. The van der Waals surface area contributed by atoms with Crippen molar-refractivity contribution in [2.45, 2.75) is 46.5 Å². The molecule has 0 aliphatic carbocycles. The van der Waals surface area contributed by atoms with Gasteiger partial charge in [-0.25, -0.2) is 0 Å². The molecule has 0 rings (SSSR count). The monoisotopic (exact) mass is 196 g/mol. The van der Waals surface area contributed by atoms with Gasteiger partial charge in [-0.2, -0.15) is 5.10 Å². The molecule has 2 nitrogen and oxygen atoms in total. The Bertz CT molecular complexity index is 183. The van der Waals surface area contributed by atoms with Crippen LogP contribution in [-0.4, -0.2) is 24.8 Å². The molecule has 2 heteroatoms. The maximum absolute atomic E-state index is 4.32. The molecule has 0 saturated heterocycles. The molecule has 0 atom stereocenters. The standard InChI is InChI=1S/C12H24N2/c1-5-7-11-14(4)13-10-9-12(3)8-6-2/h9-10H,5-8,11H2,1-4H3/b12-9+,13-10-. The highest BCUT2D eigenvalue weighted by molar-refractivity contribution is 5.71. The minimum absolute atomic E-state index is 1.05. The molecule has 0 spiro atoms. The summed E-state index contributed by atoms with van der Waals surface area (Å²) in [5, 5.41) is 6.32. The fourth-order valence-corrected chi connectivity index (χ4v) is 1.20. The highest BCUT2D eigenvalue weighted by atomic mass is 15.4. The van der Waals surface area contributed by atoms with Crippen LogP contribution < -0.4 is 0 Å². The summed E-state index contributed by atoms with van der Waals surface area (Å²) in [5.74, 6) is 0. The molecule has 0 radical (unpaired) electrons. The van der Waals surface area contributed by atoms with Crippen molar-refractivity contribution in [3.63, 3.8) is 0 Å². The van der Waals surface area contributed by atoms with Gasteiger partial charge in [-0.05, 0) is 25.8 Å². The fourth-order valence-electron chi connectivity index (χ4n) is 1.20. The number of allylic oxidation sites excluding steroid dienone is 2. The lowest BCUT2D eigenvalue weighted by molar-refractivity contribution is 0.349. The largest absolute Gasteiger partial charge is 0.300 e. The second-order valence-electron chi connectivity index (χ2n) is 3.76. The number of rotatable bonds is 7. The van der Waals surface area contributed by atoms with Crippen LogP contribution in [0.1, 0.15) is 46.5 Å². The lowest BCUT2D eigenvalue weighted by Crippen LogP contribution is -2.12. The van der Waals surface area contributed by atoms with E-state index in [1.807, 2.05) is 18.3 Å². The fraction of sp³-hybridized carbons (Fsp3) is 0.750. The molecular weight excluding hydrogens is 172 g/mol. The van der Waals surface area contributed by atoms with Gasteiger partial charge in [0, 0.05) is 19.8 Å². The number of hydrogen-bond donors (Lipinski definition) is 0. The molecule has 0 unspecified atom stereocenters. The summed E-state index contributed by atoms with van der Waals surface area (Å²) in [5.41, 5.74) is 1.40. The maximum Gasteiger partial charge on any atom is 0.0469 e. The molecule has 0 N–H and O–H groups in total. The summed E-state index contributed by atoms with van der Waals surface area (Å²) in [6, 6.07) is 0. The Hall–Kier alpha value is -0.790. The predicted molar refractivity (Wildman–Crippen MR) is 64.7 cm³/mol. The Kier molecular flexibility index (Phi) is 8.30. The van der Waals surface area contributed by atoms with E-state index in [9.17, 15) is 0 Å². The van der Waals surface area contributed by atoms with Crippen molar-refractivity contribution in [1.29, 1.82) is 0 Å². The van der Waals surface area contributed by atoms with Gasteiger partial charge in [-0.1, -0.05) is 32.3 Å². The minimum Gasteiger partial charge on any atom is -0.300 e. The van der Waals surface area contributed by atoms with Crippen LogP contribution in [0, 0.1) is 0 Å². The molecule has 0 aliphatic rings. The summed E-state index contributed by atoms with van der Waals surface area (Å²) in [4.78, 5) is 0. The quantitative estimate of drug-likeness (QED) is 0.450. The van der Waals surface area contributed by atoms with Crippen LogP contribution in [0.15, 0.2) is 16.8 Å². The van der Waals surface area contributed by atoms with Crippen molar-refractivity contribution in [1.82, 2.24) is 5.01 Å². The van der Waals surface area contributed by atoms with E-state index in [-0.39, 0.29) is 0 Å². The highest BCUT2D eigenvalue weighted by Gasteiger charge is 1.89. The average Bonchev–Trinajstić information content (AvgIpc) is 2.15. The lowest BCUT2D eigenvalue weighted by Gasteiger charge is -2.10. The van der Waals surface area contributed by atoms with Crippen molar-refractivity contribution < 1.29 is 0 Å². The first-order valence-electron chi connectivity index (χ1n) is 5.61. The zero-order chi connectivity index (χ0) is 10.8. The first kappa shape index (κ1) is 13.2. The normalized spacial score (nSPS) is 12.4. The first-order chi connectivity index (χ1) is 6.70. The van der Waals surface area contributed by atoms with Crippen LogP contribution >= 0.6 is 0 Å². The molecular formula is C12H24N2. The van der Waals surface area contributed by atoms with E-state index in [2.05, 4.69) is 31.9 Å². The smallest absolute Gasteiger partial charge is 0.0469 e. The van der Waals surface area contributed by atoms with Gasteiger partial charge in [0.25, 0.3) is 0 Å². The molecule has 0 heterocycles. The minimum atomic E-state index is 1.05. The molecule has 82 valence electrons. The van der Waals surface area contributed by atoms with E-state index in [0.29, 0.717) is 0 Å². The van der Waals surface area contributed by atoms with Gasteiger partial charge in [-0.15, -0.1) is 0 Å². The second kappa shape index (κ2) is 8.79. The number of nitrogens with zero attached hydrogens (tertiary/aromatic N) is 2. The zero-order valence-corrected chi connectivity index (χ0v) is 10.1. The second-order valence-corrected chi connectivity index (χ2v) is 3.76. The highest BCUT2D eigenvalue weighted by Crippen LogP contribution is 2.01. The van der Waals surface area contributed by atoms with Crippen molar-refractivity contribution in [3.05, 3.63) is 11.6 Å². The maximum atomic E-state index is 4.32. The number of hydrogen-bond acceptors (Lipinski definition) is 2. The number of unbranched alkanes of at least 4 members (excludes halogenated alkanes) is 1. The molecule has 0 fully saturated rings. The molecule has 0 bridgehead atoms. The average molecular weight is 196 g/mol. The van der Waals surface area contributed by atoms with Crippen molar-refractivity contribution in [3.8, 4) is 0 Å². The summed E-state index contributed by atoms with van der Waals surface area (Å²) in [7, 11) is 2.02. The van der Waals surface area contributed by atoms with Crippen LogP contribution in [0.2, 0.25) is 0 Å². The van der Waals surface area contributed by atoms with E-state index in [1.54, 1.807) is 0 Å². The van der Waals surface area contributed by atoms with Gasteiger partial charge in [-0.3, -0.25) is 0 Å². The molecule has 0 amide bonds. The Balaban J connectivity index is 3.74. The van der Waals surface area contributed by atoms with Gasteiger partial charge in [0.05, 0.1) is 0 Å². The van der Waals surface area contributed by atoms with Gasteiger partial charge in [0.2, 0.25) is 0 Å². The molecule has 0 saturated carbocycles. The van der Waals surface area contributed by atoms with E-state index >= 15 is 0 Å². The van der Waals surface area contributed by atoms with Crippen molar-refractivity contribution in [2.75, 3.05) is 13.6 Å². The molecule has 0 aliphatic heterocycles. The van der Waals surface area contributed by atoms with Crippen LogP contribution in [0.4, 0.5) is 0 Å². The molecule has 0 aromatic carbocycles. The van der Waals surface area contributed by atoms with Crippen molar-refractivity contribution in [2.24, 2.45) is 5.10 Å². The molecule has 0 aromatic heterocycles. The molecule has 0 aromatic rings.